The van der Waals surface area contributed by atoms with E-state index < -0.39 is 0 Å². The molecule has 1 unspecified atom stereocenters. The van der Waals surface area contributed by atoms with Gasteiger partial charge in [0.15, 0.2) is 0 Å². The van der Waals surface area contributed by atoms with E-state index in [-0.39, 0.29) is 17.9 Å². The Bertz CT molecular complexity index is 748. The minimum absolute atomic E-state index is 0.0859. The van der Waals surface area contributed by atoms with Crippen LogP contribution in [0.3, 0.4) is 0 Å². The molecule has 0 aromatic heterocycles. The third-order valence-electron chi connectivity index (χ3n) is 4.71. The van der Waals surface area contributed by atoms with Gasteiger partial charge in [-0.1, -0.05) is 30.3 Å². The van der Waals surface area contributed by atoms with E-state index >= 15 is 0 Å². The van der Waals surface area contributed by atoms with E-state index in [9.17, 15) is 4.79 Å². The molecule has 5 heteroatoms. The molecule has 134 valence electrons. The Morgan fingerprint density at radius 2 is 1.88 bits per heavy atom. The minimum Gasteiger partial charge on any atom is -0.396 e. The largest absolute Gasteiger partial charge is 0.396 e. The van der Waals surface area contributed by atoms with Gasteiger partial charge in [0, 0.05) is 38.3 Å². The van der Waals surface area contributed by atoms with Crippen molar-refractivity contribution < 1.29 is 9.90 Å². The van der Waals surface area contributed by atoms with E-state index in [1.54, 1.807) is 11.8 Å². The van der Waals surface area contributed by atoms with Crippen LogP contribution in [0.15, 0.2) is 36.4 Å². The Morgan fingerprint density at radius 3 is 2.60 bits per heavy atom. The molecule has 0 saturated carbocycles. The van der Waals surface area contributed by atoms with Gasteiger partial charge in [0.2, 0.25) is 5.91 Å². The lowest BCUT2D eigenvalue weighted by Gasteiger charge is -2.26. The van der Waals surface area contributed by atoms with Crippen molar-refractivity contribution in [1.82, 2.24) is 4.90 Å². The summed E-state index contributed by atoms with van der Waals surface area (Å²) in [7, 11) is 4.12. The molecule has 0 aliphatic carbocycles. The van der Waals surface area contributed by atoms with Gasteiger partial charge in [0.25, 0.3) is 0 Å². The van der Waals surface area contributed by atoms with Crippen LogP contribution in [0.2, 0.25) is 0 Å². The Morgan fingerprint density at radius 1 is 1.12 bits per heavy atom. The monoisotopic (exact) mass is 358 g/mol. The third-order valence-corrected chi connectivity index (χ3v) is 5.95. The van der Waals surface area contributed by atoms with Crippen molar-refractivity contribution in [3.63, 3.8) is 0 Å². The molecule has 0 bridgehead atoms. The predicted octanol–water partition coefficient (Wildman–Crippen LogP) is 3.64. The van der Waals surface area contributed by atoms with Crippen LogP contribution in [0.25, 0.3) is 10.8 Å². The van der Waals surface area contributed by atoms with Crippen LogP contribution in [0, 0.1) is 0 Å². The standard InChI is InChI=1S/C20H26N2O2S/c1-21(2)18-11-10-17(15-8-4-5-9-16(15)18)20-22(19(24)14-25-20)12-6-3-7-13-23/h4-5,8-11,20,23H,3,6-7,12-14H2,1-2H3. The quantitative estimate of drug-likeness (QED) is 0.768. The van der Waals surface area contributed by atoms with Crippen molar-refractivity contribution in [2.45, 2.75) is 24.6 Å². The van der Waals surface area contributed by atoms with E-state index in [1.165, 1.54) is 22.0 Å². The molecular formula is C20H26N2O2S. The van der Waals surface area contributed by atoms with Gasteiger partial charge in [0.05, 0.1) is 5.75 Å². The van der Waals surface area contributed by atoms with Crippen molar-refractivity contribution in [3.05, 3.63) is 42.0 Å². The highest BCUT2D eigenvalue weighted by Gasteiger charge is 2.33. The van der Waals surface area contributed by atoms with E-state index in [0.717, 1.165) is 25.8 Å². The first-order valence-electron chi connectivity index (χ1n) is 8.84. The highest BCUT2D eigenvalue weighted by molar-refractivity contribution is 8.00. The van der Waals surface area contributed by atoms with Crippen LogP contribution in [-0.2, 0) is 4.79 Å². The molecule has 1 atom stereocenters. The number of thioether (sulfide) groups is 1. The van der Waals surface area contributed by atoms with Gasteiger partial charge in [-0.25, -0.2) is 0 Å². The third kappa shape index (κ3) is 3.77. The second kappa shape index (κ2) is 8.11. The molecular weight excluding hydrogens is 332 g/mol. The van der Waals surface area contributed by atoms with Gasteiger partial charge in [-0.2, -0.15) is 0 Å². The Balaban J connectivity index is 1.92. The van der Waals surface area contributed by atoms with Crippen LogP contribution in [0.1, 0.15) is 30.2 Å². The number of rotatable bonds is 7. The molecule has 1 aliphatic heterocycles. The Kier molecular flexibility index (Phi) is 5.86. The maximum Gasteiger partial charge on any atom is 0.233 e. The summed E-state index contributed by atoms with van der Waals surface area (Å²) in [6.07, 6.45) is 2.70. The highest BCUT2D eigenvalue weighted by Crippen LogP contribution is 2.43. The van der Waals surface area contributed by atoms with Gasteiger partial charge < -0.3 is 14.9 Å². The Labute approximate surface area is 153 Å². The first kappa shape index (κ1) is 18.1. The molecule has 0 radical (unpaired) electrons. The maximum atomic E-state index is 12.4. The molecule has 1 saturated heterocycles. The summed E-state index contributed by atoms with van der Waals surface area (Å²) in [6.45, 7) is 0.989. The number of anilines is 1. The van der Waals surface area contributed by atoms with E-state index in [1.807, 2.05) is 4.90 Å². The minimum atomic E-state index is 0.0859. The van der Waals surface area contributed by atoms with Gasteiger partial charge >= 0.3 is 0 Å². The summed E-state index contributed by atoms with van der Waals surface area (Å²) >= 11 is 1.72. The predicted molar refractivity (Wildman–Crippen MR) is 106 cm³/mol. The summed E-state index contributed by atoms with van der Waals surface area (Å²) in [5.41, 5.74) is 2.42. The fraction of sp³-hybridized carbons (Fsp3) is 0.450. The number of carbonyl (C=O) groups excluding carboxylic acids is 1. The van der Waals surface area contributed by atoms with Gasteiger partial charge in [0.1, 0.15) is 5.37 Å². The molecule has 2 aromatic rings. The normalized spacial score (nSPS) is 17.5. The number of unbranched alkanes of at least 4 members (excludes halogenated alkanes) is 2. The van der Waals surface area contributed by atoms with E-state index in [0.29, 0.717) is 5.75 Å². The molecule has 3 rings (SSSR count). The molecule has 25 heavy (non-hydrogen) atoms. The highest BCUT2D eigenvalue weighted by atomic mass is 32.2. The SMILES string of the molecule is CN(C)c1ccc(C2SCC(=O)N2CCCCCO)c2ccccc12. The lowest BCUT2D eigenvalue weighted by molar-refractivity contribution is -0.128. The van der Waals surface area contributed by atoms with Crippen LogP contribution in [0.5, 0.6) is 0 Å². The second-order valence-corrected chi connectivity index (χ2v) is 7.72. The number of aliphatic hydroxyl groups excluding tert-OH is 1. The number of nitrogens with zero attached hydrogens (tertiary/aromatic N) is 2. The van der Waals surface area contributed by atoms with Crippen LogP contribution < -0.4 is 4.90 Å². The maximum absolute atomic E-state index is 12.4. The second-order valence-electron chi connectivity index (χ2n) is 6.65. The molecule has 1 fully saturated rings. The molecule has 2 aromatic carbocycles. The smallest absolute Gasteiger partial charge is 0.233 e. The van der Waals surface area contributed by atoms with Crippen molar-refractivity contribution >= 4 is 34.1 Å². The zero-order valence-electron chi connectivity index (χ0n) is 14.9. The zero-order chi connectivity index (χ0) is 17.8. The average molecular weight is 359 g/mol. The topological polar surface area (TPSA) is 43.8 Å². The number of hydrogen-bond donors (Lipinski definition) is 1. The number of aliphatic hydroxyl groups is 1. The summed E-state index contributed by atoms with van der Waals surface area (Å²) < 4.78 is 0. The van der Waals surface area contributed by atoms with Crippen LogP contribution in [0.4, 0.5) is 5.69 Å². The molecule has 1 amide bonds. The van der Waals surface area contributed by atoms with Crippen LogP contribution >= 0.6 is 11.8 Å². The van der Waals surface area contributed by atoms with E-state index in [4.69, 9.17) is 5.11 Å². The Hall–Kier alpha value is -1.72. The molecule has 1 N–H and O–H groups in total. The number of carbonyl (C=O) groups is 1. The fourth-order valence-electron chi connectivity index (χ4n) is 3.44. The number of benzene rings is 2. The van der Waals surface area contributed by atoms with Gasteiger partial charge in [-0.15, -0.1) is 11.8 Å². The summed E-state index contributed by atoms with van der Waals surface area (Å²) in [5.74, 6) is 0.772. The van der Waals surface area contributed by atoms with Gasteiger partial charge in [-0.3, -0.25) is 4.79 Å². The molecule has 1 heterocycles. The van der Waals surface area contributed by atoms with E-state index in [2.05, 4.69) is 55.4 Å². The molecule has 4 nitrogen and oxygen atoms in total. The van der Waals surface area contributed by atoms with Crippen molar-refractivity contribution in [3.8, 4) is 0 Å². The van der Waals surface area contributed by atoms with Crippen LogP contribution in [-0.4, -0.2) is 48.9 Å². The lowest BCUT2D eigenvalue weighted by atomic mass is 10.0. The van der Waals surface area contributed by atoms with Crippen molar-refractivity contribution in [2.24, 2.45) is 0 Å². The first-order valence-corrected chi connectivity index (χ1v) is 9.89. The zero-order valence-corrected chi connectivity index (χ0v) is 15.8. The fourth-order valence-corrected chi connectivity index (χ4v) is 4.69. The number of hydrogen-bond acceptors (Lipinski definition) is 4. The average Bonchev–Trinajstić information content (AvgIpc) is 2.98. The molecule has 1 aliphatic rings. The summed E-state index contributed by atoms with van der Waals surface area (Å²) in [4.78, 5) is 16.5. The molecule has 0 spiro atoms. The summed E-state index contributed by atoms with van der Waals surface area (Å²) in [6, 6.07) is 12.8. The lowest BCUT2D eigenvalue weighted by Crippen LogP contribution is -2.29. The van der Waals surface area contributed by atoms with Gasteiger partial charge in [-0.05, 0) is 36.3 Å². The summed E-state index contributed by atoms with van der Waals surface area (Å²) in [5, 5.41) is 11.5. The number of fused-ring (bicyclic) bond motifs is 1. The first-order chi connectivity index (χ1) is 12.1. The number of amides is 1. The van der Waals surface area contributed by atoms with Crippen molar-refractivity contribution in [2.75, 3.05) is 37.9 Å². The van der Waals surface area contributed by atoms with Crippen molar-refractivity contribution in [1.29, 1.82) is 0 Å².